The van der Waals surface area contributed by atoms with Crippen molar-refractivity contribution in [1.82, 2.24) is 26.4 Å². The van der Waals surface area contributed by atoms with Gasteiger partial charge in [0.25, 0.3) is 5.91 Å². The van der Waals surface area contributed by atoms with Gasteiger partial charge in [0.1, 0.15) is 30.3 Å². The molecule has 0 bridgehead atoms. The number of alkyl halides is 3. The first-order chi connectivity index (χ1) is 22.1. The van der Waals surface area contributed by atoms with Gasteiger partial charge in [-0.25, -0.2) is 14.6 Å². The van der Waals surface area contributed by atoms with E-state index in [0.29, 0.717) is 10.6 Å². The molecule has 17 heteroatoms. The highest BCUT2D eigenvalue weighted by Crippen LogP contribution is 2.26. The molecule has 0 spiro atoms. The van der Waals surface area contributed by atoms with E-state index < -0.39 is 69.9 Å². The van der Waals surface area contributed by atoms with Crippen LogP contribution in [-0.4, -0.2) is 81.5 Å². The highest BCUT2D eigenvalue weighted by Gasteiger charge is 2.33. The second-order valence-corrected chi connectivity index (χ2v) is 15.3. The van der Waals surface area contributed by atoms with E-state index in [2.05, 4.69) is 21.4 Å². The Hall–Kier alpha value is -3.49. The molecule has 270 valence electrons. The Morgan fingerprint density at radius 2 is 1.44 bits per heavy atom. The summed E-state index contributed by atoms with van der Waals surface area (Å²) in [6.45, 7) is 11.1. The summed E-state index contributed by atoms with van der Waals surface area (Å²) in [5.74, 6) is -3.40. The van der Waals surface area contributed by atoms with Gasteiger partial charge in [-0.3, -0.25) is 24.6 Å². The molecule has 3 atom stereocenters. The van der Waals surface area contributed by atoms with Gasteiger partial charge in [-0.05, 0) is 44.6 Å². The summed E-state index contributed by atoms with van der Waals surface area (Å²) in [6.07, 6.45) is -2.14. The highest BCUT2D eigenvalue weighted by molar-refractivity contribution is 6.67. The van der Waals surface area contributed by atoms with E-state index in [0.717, 1.165) is 0 Å². The van der Waals surface area contributed by atoms with Gasteiger partial charge in [0.15, 0.2) is 0 Å². The molecule has 0 aliphatic rings. The Morgan fingerprint density at radius 1 is 0.854 bits per heavy atom. The molecule has 1 aromatic carbocycles. The third-order valence-electron chi connectivity index (χ3n) is 6.28. The number of nitrogens with one attached hydrogen (secondary N) is 4. The van der Waals surface area contributed by atoms with Crippen LogP contribution >= 0.6 is 34.8 Å². The minimum atomic E-state index is -1.95. The fraction of sp³-hybridized carbons (Fsp3) is 0.613. The van der Waals surface area contributed by atoms with E-state index in [9.17, 15) is 28.8 Å². The van der Waals surface area contributed by atoms with Gasteiger partial charge in [-0.2, -0.15) is 0 Å². The zero-order valence-corrected chi connectivity index (χ0v) is 30.5. The SMILES string of the molecule is CC(C)CC(NC(=O)C(NC(=O)OC(C)(C)C)C(C)C)C(=O)NC(Cc1ccccc1)C(=O)NN(CCC(N)=O)C(=O)OCC(Cl)(Cl)Cl. The first kappa shape index (κ1) is 42.5. The summed E-state index contributed by atoms with van der Waals surface area (Å²) in [5, 5.41) is 8.61. The van der Waals surface area contributed by atoms with Crippen molar-refractivity contribution in [2.45, 2.75) is 95.2 Å². The number of hydrogen-bond acceptors (Lipinski definition) is 8. The number of benzene rings is 1. The quantitative estimate of drug-likeness (QED) is 0.133. The fourth-order valence-corrected chi connectivity index (χ4v) is 4.28. The van der Waals surface area contributed by atoms with Crippen molar-refractivity contribution in [3.05, 3.63) is 35.9 Å². The number of alkyl carbamates (subject to hydrolysis) is 1. The van der Waals surface area contributed by atoms with Gasteiger partial charge < -0.3 is 31.2 Å². The summed E-state index contributed by atoms with van der Waals surface area (Å²) in [5.41, 5.74) is 7.44. The Labute approximate surface area is 296 Å². The van der Waals surface area contributed by atoms with Crippen molar-refractivity contribution in [3.63, 3.8) is 0 Å². The van der Waals surface area contributed by atoms with Crippen LogP contribution < -0.4 is 27.1 Å². The van der Waals surface area contributed by atoms with Crippen LogP contribution in [0, 0.1) is 11.8 Å². The zero-order valence-electron chi connectivity index (χ0n) is 28.2. The van der Waals surface area contributed by atoms with Gasteiger partial charge in [-0.15, -0.1) is 0 Å². The van der Waals surface area contributed by atoms with Gasteiger partial charge in [0.2, 0.25) is 21.5 Å². The minimum Gasteiger partial charge on any atom is -0.444 e. The lowest BCUT2D eigenvalue weighted by Gasteiger charge is -2.29. The lowest BCUT2D eigenvalue weighted by Crippen LogP contribution is -2.60. The smallest absolute Gasteiger partial charge is 0.428 e. The molecule has 0 aliphatic heterocycles. The molecule has 0 saturated carbocycles. The Bertz CT molecular complexity index is 1250. The summed E-state index contributed by atoms with van der Waals surface area (Å²) < 4.78 is 8.30. The monoisotopic (exact) mass is 736 g/mol. The predicted octanol–water partition coefficient (Wildman–Crippen LogP) is 3.51. The number of hydrogen-bond donors (Lipinski definition) is 5. The van der Waals surface area contributed by atoms with Crippen LogP contribution in [0.15, 0.2) is 30.3 Å². The van der Waals surface area contributed by atoms with E-state index in [1.807, 2.05) is 13.8 Å². The predicted molar refractivity (Wildman–Crippen MR) is 182 cm³/mol. The Kier molecular flexibility index (Phi) is 17.3. The topological polar surface area (TPSA) is 198 Å². The number of amides is 6. The summed E-state index contributed by atoms with van der Waals surface area (Å²) >= 11 is 17.0. The molecule has 1 rings (SSSR count). The van der Waals surface area contributed by atoms with E-state index in [1.54, 1.807) is 65.0 Å². The third kappa shape index (κ3) is 17.6. The summed E-state index contributed by atoms with van der Waals surface area (Å²) in [6, 6.07) is 5.27. The van der Waals surface area contributed by atoms with Crippen LogP contribution in [-0.2, 0) is 35.1 Å². The lowest BCUT2D eigenvalue weighted by molar-refractivity contribution is -0.134. The molecule has 0 radical (unpaired) electrons. The van der Waals surface area contributed by atoms with Crippen LogP contribution in [0.3, 0.4) is 0 Å². The zero-order chi connectivity index (χ0) is 36.8. The van der Waals surface area contributed by atoms with Gasteiger partial charge in [0.05, 0.1) is 6.54 Å². The number of primary amides is 1. The average Bonchev–Trinajstić information content (AvgIpc) is 2.94. The van der Waals surface area contributed by atoms with E-state index in [-0.39, 0.29) is 37.6 Å². The second-order valence-electron chi connectivity index (χ2n) is 12.8. The number of carbonyl (C=O) groups excluding carboxylic acids is 6. The van der Waals surface area contributed by atoms with Crippen LogP contribution in [0.1, 0.15) is 66.9 Å². The average molecular weight is 738 g/mol. The molecule has 0 heterocycles. The summed E-state index contributed by atoms with van der Waals surface area (Å²) in [4.78, 5) is 77.4. The van der Waals surface area contributed by atoms with E-state index >= 15 is 0 Å². The van der Waals surface area contributed by atoms with Crippen LogP contribution in [0.5, 0.6) is 0 Å². The molecule has 1 aromatic rings. The van der Waals surface area contributed by atoms with Gasteiger partial charge in [-0.1, -0.05) is 92.8 Å². The number of nitrogens with zero attached hydrogens (tertiary/aromatic N) is 1. The maximum atomic E-state index is 13.7. The van der Waals surface area contributed by atoms with Crippen molar-refractivity contribution in [2.75, 3.05) is 13.2 Å². The molecule has 0 aliphatic carbocycles. The molecule has 0 saturated heterocycles. The molecular weight excluding hydrogens is 691 g/mol. The fourth-order valence-electron chi connectivity index (χ4n) is 4.11. The van der Waals surface area contributed by atoms with E-state index in [1.165, 1.54) is 0 Å². The lowest BCUT2D eigenvalue weighted by atomic mass is 9.99. The van der Waals surface area contributed by atoms with Gasteiger partial charge in [0, 0.05) is 12.8 Å². The number of rotatable bonds is 15. The largest absolute Gasteiger partial charge is 0.444 e. The van der Waals surface area contributed by atoms with Crippen molar-refractivity contribution in [1.29, 1.82) is 0 Å². The van der Waals surface area contributed by atoms with Gasteiger partial charge >= 0.3 is 12.2 Å². The Morgan fingerprint density at radius 3 is 1.94 bits per heavy atom. The molecule has 0 aromatic heterocycles. The molecule has 48 heavy (non-hydrogen) atoms. The first-order valence-electron chi connectivity index (χ1n) is 15.3. The standard InChI is InChI=1S/C31H47Cl3N6O8/c1-18(2)15-21(37-27(44)24(19(3)4)38-28(45)48-30(5,6)7)25(42)36-22(16-20-11-9-8-10-12-20)26(43)39-40(14-13-23(35)41)29(46)47-17-31(32,33)34/h8-12,18-19,21-22,24H,13-17H2,1-7H3,(H2,35,41)(H,36,42)(H,37,44)(H,38,45)(H,39,43). The van der Waals surface area contributed by atoms with Crippen molar-refractivity contribution >= 4 is 70.6 Å². The number of hydrazine groups is 1. The number of ether oxygens (including phenoxy) is 2. The number of nitrogens with two attached hydrogens (primary N) is 1. The van der Waals surface area contributed by atoms with Crippen LogP contribution in [0.25, 0.3) is 0 Å². The van der Waals surface area contributed by atoms with Crippen molar-refractivity contribution in [2.24, 2.45) is 17.6 Å². The molecule has 6 amide bonds. The molecule has 3 unspecified atom stereocenters. The van der Waals surface area contributed by atoms with E-state index in [4.69, 9.17) is 50.0 Å². The highest BCUT2D eigenvalue weighted by atomic mass is 35.6. The first-order valence-corrected chi connectivity index (χ1v) is 16.4. The molecule has 6 N–H and O–H groups in total. The molecule has 14 nitrogen and oxygen atoms in total. The Balaban J connectivity index is 3.30. The number of carbonyl (C=O) groups is 6. The molecule has 0 fully saturated rings. The van der Waals surface area contributed by atoms with Crippen molar-refractivity contribution < 1.29 is 38.2 Å². The van der Waals surface area contributed by atoms with Crippen LogP contribution in [0.4, 0.5) is 9.59 Å². The maximum absolute atomic E-state index is 13.7. The summed E-state index contributed by atoms with van der Waals surface area (Å²) in [7, 11) is 0. The number of halogens is 3. The van der Waals surface area contributed by atoms with Crippen molar-refractivity contribution in [3.8, 4) is 0 Å². The van der Waals surface area contributed by atoms with Crippen LogP contribution in [0.2, 0.25) is 0 Å². The normalized spacial score (nSPS) is 13.5. The third-order valence-corrected chi connectivity index (χ3v) is 6.61. The second kappa shape index (κ2) is 19.5. The molecular formula is C31H47Cl3N6O8. The maximum Gasteiger partial charge on any atom is 0.428 e. The minimum absolute atomic E-state index is 0.0254.